The smallest absolute Gasteiger partial charge is 0.371 e. The number of rotatable bonds is 1. The minimum atomic E-state index is -4.60. The molecular formula is C14H13ClF3N3. The summed E-state index contributed by atoms with van der Waals surface area (Å²) in [5, 5.41) is 0.267. The van der Waals surface area contributed by atoms with Crippen LogP contribution in [0.15, 0.2) is 18.2 Å². The van der Waals surface area contributed by atoms with Crippen LogP contribution in [0.2, 0.25) is 5.15 Å². The van der Waals surface area contributed by atoms with Crippen molar-refractivity contribution < 1.29 is 13.2 Å². The zero-order chi connectivity index (χ0) is 15.0. The summed E-state index contributed by atoms with van der Waals surface area (Å²) in [5.41, 5.74) is 1.11. The second-order valence-corrected chi connectivity index (χ2v) is 5.44. The fraction of sp³-hybridized carbons (Fsp3) is 0.429. The lowest BCUT2D eigenvalue weighted by molar-refractivity contribution is -0.144. The number of hydrogen-bond acceptors (Lipinski definition) is 3. The minimum Gasteiger partial charge on any atom is -0.371 e. The number of nitrogens with zero attached hydrogens (tertiary/aromatic N) is 3. The van der Waals surface area contributed by atoms with Crippen LogP contribution >= 0.6 is 11.6 Å². The first-order chi connectivity index (χ1) is 9.95. The van der Waals surface area contributed by atoms with Gasteiger partial charge in [0, 0.05) is 24.2 Å². The number of hydrogen-bond donors (Lipinski definition) is 0. The Bertz CT molecular complexity index is 666. The van der Waals surface area contributed by atoms with Crippen LogP contribution in [-0.2, 0) is 6.18 Å². The molecule has 21 heavy (non-hydrogen) atoms. The quantitative estimate of drug-likeness (QED) is 0.735. The van der Waals surface area contributed by atoms with Crippen LogP contribution in [0.5, 0.6) is 0 Å². The summed E-state index contributed by atoms with van der Waals surface area (Å²) in [6.45, 7) is 1.83. The highest BCUT2D eigenvalue weighted by molar-refractivity contribution is 6.34. The van der Waals surface area contributed by atoms with Gasteiger partial charge in [0.25, 0.3) is 0 Å². The fourth-order valence-electron chi connectivity index (χ4n) is 2.55. The lowest BCUT2D eigenvalue weighted by Crippen LogP contribution is -2.29. The molecule has 0 spiro atoms. The minimum absolute atomic E-state index is 0.169. The maximum atomic E-state index is 12.8. The molecule has 7 heteroatoms. The molecule has 1 fully saturated rings. The third-order valence-corrected chi connectivity index (χ3v) is 3.90. The summed E-state index contributed by atoms with van der Waals surface area (Å²) >= 11 is 5.84. The Morgan fingerprint density at radius 1 is 1.05 bits per heavy atom. The second kappa shape index (κ2) is 5.33. The van der Waals surface area contributed by atoms with E-state index < -0.39 is 12.0 Å². The first-order valence-electron chi connectivity index (χ1n) is 6.74. The van der Waals surface area contributed by atoms with Crippen LogP contribution < -0.4 is 4.90 Å². The van der Waals surface area contributed by atoms with Crippen LogP contribution in [0.1, 0.15) is 25.1 Å². The van der Waals surface area contributed by atoms with Crippen molar-refractivity contribution >= 4 is 28.2 Å². The molecule has 0 aliphatic carbocycles. The van der Waals surface area contributed by atoms with Gasteiger partial charge in [-0.1, -0.05) is 11.6 Å². The Balaban J connectivity index is 2.06. The zero-order valence-electron chi connectivity index (χ0n) is 11.1. The van der Waals surface area contributed by atoms with E-state index in [2.05, 4.69) is 14.9 Å². The number of alkyl halides is 3. The van der Waals surface area contributed by atoms with Gasteiger partial charge in [-0.2, -0.15) is 13.2 Å². The molecule has 1 aliphatic heterocycles. The van der Waals surface area contributed by atoms with E-state index in [1.54, 1.807) is 12.1 Å². The first-order valence-corrected chi connectivity index (χ1v) is 7.12. The second-order valence-electron chi connectivity index (χ2n) is 5.08. The monoisotopic (exact) mass is 315 g/mol. The highest BCUT2D eigenvalue weighted by Gasteiger charge is 2.35. The predicted octanol–water partition coefficient (Wildman–Crippen LogP) is 4.29. The van der Waals surface area contributed by atoms with E-state index >= 15 is 0 Å². The summed E-state index contributed by atoms with van der Waals surface area (Å²) in [6.07, 6.45) is -1.22. The van der Waals surface area contributed by atoms with Crippen LogP contribution in [0.3, 0.4) is 0 Å². The van der Waals surface area contributed by atoms with Crippen molar-refractivity contribution in [1.29, 1.82) is 0 Å². The number of halogens is 4. The molecule has 0 saturated carbocycles. The molecule has 3 rings (SSSR count). The van der Waals surface area contributed by atoms with Gasteiger partial charge in [-0.3, -0.25) is 0 Å². The highest BCUT2D eigenvalue weighted by Crippen LogP contribution is 2.32. The van der Waals surface area contributed by atoms with Gasteiger partial charge in [0.05, 0.1) is 5.52 Å². The van der Waals surface area contributed by atoms with Gasteiger partial charge in [0.1, 0.15) is 5.15 Å². The molecule has 2 aromatic rings. The molecule has 0 N–H and O–H groups in total. The maximum absolute atomic E-state index is 12.8. The Labute approximate surface area is 124 Å². The van der Waals surface area contributed by atoms with Crippen molar-refractivity contribution in [2.24, 2.45) is 0 Å². The highest BCUT2D eigenvalue weighted by atomic mass is 35.5. The predicted molar refractivity (Wildman–Crippen MR) is 75.6 cm³/mol. The van der Waals surface area contributed by atoms with E-state index in [0.29, 0.717) is 5.39 Å². The Morgan fingerprint density at radius 3 is 2.43 bits per heavy atom. The average Bonchev–Trinajstić information content (AvgIpc) is 2.46. The number of aromatic nitrogens is 2. The normalized spacial score (nSPS) is 16.5. The SMILES string of the molecule is FC(F)(F)c1nc(Cl)c2ccc(N3CCCCC3)cc2n1. The molecule has 0 unspecified atom stereocenters. The molecule has 1 aromatic carbocycles. The van der Waals surface area contributed by atoms with Crippen molar-refractivity contribution in [3.05, 3.63) is 29.2 Å². The van der Waals surface area contributed by atoms with E-state index in [9.17, 15) is 13.2 Å². The topological polar surface area (TPSA) is 29.0 Å². The fourth-order valence-corrected chi connectivity index (χ4v) is 2.79. The maximum Gasteiger partial charge on any atom is 0.451 e. The van der Waals surface area contributed by atoms with E-state index in [-0.39, 0.29) is 10.7 Å². The van der Waals surface area contributed by atoms with Crippen LogP contribution in [0, 0.1) is 0 Å². The lowest BCUT2D eigenvalue weighted by Gasteiger charge is -2.28. The largest absolute Gasteiger partial charge is 0.451 e. The third kappa shape index (κ3) is 2.90. The average molecular weight is 316 g/mol. The molecule has 1 aliphatic rings. The Kier molecular flexibility index (Phi) is 3.65. The number of fused-ring (bicyclic) bond motifs is 1. The van der Waals surface area contributed by atoms with Gasteiger partial charge in [-0.15, -0.1) is 0 Å². The van der Waals surface area contributed by atoms with E-state index in [0.717, 1.165) is 31.6 Å². The first kappa shape index (κ1) is 14.4. The molecule has 0 radical (unpaired) electrons. The van der Waals surface area contributed by atoms with Crippen molar-refractivity contribution in [2.45, 2.75) is 25.4 Å². The van der Waals surface area contributed by atoms with Gasteiger partial charge in [-0.25, -0.2) is 9.97 Å². The van der Waals surface area contributed by atoms with Crippen molar-refractivity contribution in [2.75, 3.05) is 18.0 Å². The summed E-state index contributed by atoms with van der Waals surface area (Å²) in [5.74, 6) is -1.20. The molecule has 3 nitrogen and oxygen atoms in total. The Morgan fingerprint density at radius 2 is 1.76 bits per heavy atom. The summed E-state index contributed by atoms with van der Waals surface area (Å²) in [6, 6.07) is 5.20. The van der Waals surface area contributed by atoms with Gasteiger partial charge in [0.2, 0.25) is 5.82 Å². The number of anilines is 1. The molecule has 2 heterocycles. The zero-order valence-corrected chi connectivity index (χ0v) is 11.9. The summed E-state index contributed by atoms with van der Waals surface area (Å²) in [7, 11) is 0. The van der Waals surface area contributed by atoms with Crippen molar-refractivity contribution in [3.63, 3.8) is 0 Å². The van der Waals surface area contributed by atoms with Gasteiger partial charge < -0.3 is 4.90 Å². The number of piperidine rings is 1. The van der Waals surface area contributed by atoms with Crippen molar-refractivity contribution in [1.82, 2.24) is 9.97 Å². The van der Waals surface area contributed by atoms with Crippen LogP contribution in [0.4, 0.5) is 18.9 Å². The molecular weight excluding hydrogens is 303 g/mol. The van der Waals surface area contributed by atoms with Gasteiger partial charge in [-0.05, 0) is 37.5 Å². The van der Waals surface area contributed by atoms with Crippen molar-refractivity contribution in [3.8, 4) is 0 Å². The third-order valence-electron chi connectivity index (χ3n) is 3.61. The molecule has 1 aromatic heterocycles. The Hall–Kier alpha value is -1.56. The van der Waals surface area contributed by atoms with Gasteiger partial charge in [0.15, 0.2) is 0 Å². The standard InChI is InChI=1S/C14H13ClF3N3/c15-12-10-5-4-9(21-6-2-1-3-7-21)8-11(10)19-13(20-12)14(16,17)18/h4-5,8H,1-3,6-7H2. The summed E-state index contributed by atoms with van der Waals surface area (Å²) in [4.78, 5) is 9.11. The van der Waals surface area contributed by atoms with E-state index in [4.69, 9.17) is 11.6 Å². The van der Waals surface area contributed by atoms with E-state index in [1.165, 1.54) is 6.42 Å². The number of benzene rings is 1. The van der Waals surface area contributed by atoms with Gasteiger partial charge >= 0.3 is 6.18 Å². The summed E-state index contributed by atoms with van der Waals surface area (Å²) < 4.78 is 38.3. The van der Waals surface area contributed by atoms with E-state index in [1.807, 2.05) is 6.07 Å². The molecule has 0 bridgehead atoms. The molecule has 1 saturated heterocycles. The lowest BCUT2D eigenvalue weighted by atomic mass is 10.1. The van der Waals surface area contributed by atoms with Crippen LogP contribution in [0.25, 0.3) is 10.9 Å². The molecule has 0 atom stereocenters. The molecule has 0 amide bonds. The van der Waals surface area contributed by atoms with Crippen LogP contribution in [-0.4, -0.2) is 23.1 Å². The molecule has 112 valence electrons.